The predicted molar refractivity (Wildman–Crippen MR) is 89.8 cm³/mol. The van der Waals surface area contributed by atoms with Crippen molar-refractivity contribution in [2.24, 2.45) is 0 Å². The normalized spacial score (nSPS) is 22.9. The molecule has 1 heterocycles. The van der Waals surface area contributed by atoms with Gasteiger partial charge in [-0.1, -0.05) is 24.6 Å². The van der Waals surface area contributed by atoms with Crippen LogP contribution in [0.5, 0.6) is 0 Å². The summed E-state index contributed by atoms with van der Waals surface area (Å²) in [5.74, 6) is 0. The van der Waals surface area contributed by atoms with E-state index >= 15 is 0 Å². The van der Waals surface area contributed by atoms with Crippen molar-refractivity contribution >= 4 is 31.3 Å². The molecular weight excluding hydrogens is 302 g/mol. The molecule has 0 amide bonds. The first kappa shape index (κ1) is 15.0. The van der Waals surface area contributed by atoms with Gasteiger partial charge in [0.05, 0.1) is 5.25 Å². The molecule has 0 unspecified atom stereocenters. The molecule has 21 heavy (non-hydrogen) atoms. The second kappa shape index (κ2) is 6.07. The second-order valence-electron chi connectivity index (χ2n) is 5.87. The zero-order chi connectivity index (χ0) is 14.9. The number of hydrogen-bond acceptors (Lipinski definition) is 4. The van der Waals surface area contributed by atoms with Gasteiger partial charge in [-0.2, -0.15) is 0 Å². The Balaban J connectivity index is 1.61. The van der Waals surface area contributed by atoms with E-state index in [0.717, 1.165) is 32.2 Å². The van der Waals surface area contributed by atoms with Crippen molar-refractivity contribution in [3.8, 4) is 0 Å². The molecule has 1 aliphatic carbocycles. The molecule has 5 heteroatoms. The number of nitrogens with one attached hydrogen (secondary N) is 1. The lowest BCUT2D eigenvalue weighted by Gasteiger charge is -2.19. The fourth-order valence-electron chi connectivity index (χ4n) is 3.29. The molecule has 3 rings (SSSR count). The molecule has 0 radical (unpaired) electrons. The van der Waals surface area contributed by atoms with Crippen LogP contribution in [0.25, 0.3) is 10.1 Å². The molecule has 0 saturated heterocycles. The Bertz CT molecular complexity index is 721. The van der Waals surface area contributed by atoms with Crippen molar-refractivity contribution in [1.29, 1.82) is 0 Å². The monoisotopic (exact) mass is 323 g/mol. The highest BCUT2D eigenvalue weighted by atomic mass is 32.2. The highest BCUT2D eigenvalue weighted by Gasteiger charge is 2.34. The molecule has 1 aliphatic rings. The quantitative estimate of drug-likeness (QED) is 0.920. The minimum Gasteiger partial charge on any atom is -0.312 e. The van der Waals surface area contributed by atoms with Crippen molar-refractivity contribution < 1.29 is 8.42 Å². The maximum atomic E-state index is 11.8. The third kappa shape index (κ3) is 3.30. The van der Waals surface area contributed by atoms with Crippen molar-refractivity contribution in [3.05, 3.63) is 35.2 Å². The Kier molecular flexibility index (Phi) is 4.33. The Hall–Kier alpha value is -0.910. The molecule has 1 saturated carbocycles. The smallest absolute Gasteiger partial charge is 0.151 e. The summed E-state index contributed by atoms with van der Waals surface area (Å²) >= 11 is 1.78. The summed E-state index contributed by atoms with van der Waals surface area (Å²) in [6, 6.07) is 8.58. The van der Waals surface area contributed by atoms with Crippen LogP contribution in [0.3, 0.4) is 0 Å². The van der Waals surface area contributed by atoms with E-state index in [1.54, 1.807) is 11.3 Å². The molecule has 3 nitrogen and oxygen atoms in total. The number of fused-ring (bicyclic) bond motifs is 1. The lowest BCUT2D eigenvalue weighted by molar-refractivity contribution is 0.511. The number of sulfone groups is 1. The molecule has 1 aromatic carbocycles. The van der Waals surface area contributed by atoms with E-state index in [-0.39, 0.29) is 11.3 Å². The molecule has 1 aromatic heterocycles. The number of thiophene rings is 1. The van der Waals surface area contributed by atoms with Gasteiger partial charge >= 0.3 is 0 Å². The van der Waals surface area contributed by atoms with Gasteiger partial charge in [0.1, 0.15) is 0 Å². The predicted octanol–water partition coefficient (Wildman–Crippen LogP) is 3.00. The average Bonchev–Trinajstić information content (AvgIpc) is 3.05. The number of hydrogen-bond donors (Lipinski definition) is 1. The Morgan fingerprint density at radius 3 is 2.90 bits per heavy atom. The zero-order valence-electron chi connectivity index (χ0n) is 12.2. The van der Waals surface area contributed by atoms with Gasteiger partial charge in [0.15, 0.2) is 9.84 Å². The van der Waals surface area contributed by atoms with E-state index in [0.29, 0.717) is 0 Å². The van der Waals surface area contributed by atoms with Crippen LogP contribution < -0.4 is 5.32 Å². The SMILES string of the molecule is CS(=O)(=O)[C@H]1CCC[C@H]1NCCc1csc2ccccc12. The summed E-state index contributed by atoms with van der Waals surface area (Å²) in [7, 11) is -2.93. The van der Waals surface area contributed by atoms with E-state index < -0.39 is 9.84 Å². The van der Waals surface area contributed by atoms with Crippen molar-refractivity contribution in [2.75, 3.05) is 12.8 Å². The molecule has 1 fully saturated rings. The first-order valence-electron chi connectivity index (χ1n) is 7.43. The van der Waals surface area contributed by atoms with E-state index in [1.807, 2.05) is 0 Å². The molecular formula is C16H21NO2S2. The fraction of sp³-hybridized carbons (Fsp3) is 0.500. The van der Waals surface area contributed by atoms with E-state index in [9.17, 15) is 8.42 Å². The summed E-state index contributed by atoms with van der Waals surface area (Å²) in [5, 5.41) is 6.82. The number of benzene rings is 1. The van der Waals surface area contributed by atoms with Crippen LogP contribution in [0, 0.1) is 0 Å². The van der Waals surface area contributed by atoms with E-state index in [4.69, 9.17) is 0 Å². The molecule has 0 bridgehead atoms. The van der Waals surface area contributed by atoms with Gasteiger partial charge in [-0.25, -0.2) is 8.42 Å². The van der Waals surface area contributed by atoms with Gasteiger partial charge in [-0.15, -0.1) is 11.3 Å². The first-order chi connectivity index (χ1) is 10.1. The topological polar surface area (TPSA) is 46.2 Å². The van der Waals surface area contributed by atoms with Gasteiger partial charge in [0, 0.05) is 17.0 Å². The summed E-state index contributed by atoms with van der Waals surface area (Å²) in [6.07, 6.45) is 5.11. The van der Waals surface area contributed by atoms with Crippen LogP contribution in [0.1, 0.15) is 24.8 Å². The second-order valence-corrected chi connectivity index (χ2v) is 9.04. The Morgan fingerprint density at radius 2 is 2.10 bits per heavy atom. The highest BCUT2D eigenvalue weighted by molar-refractivity contribution is 7.91. The standard InChI is InChI=1S/C16H21NO2S2/c1-21(18,19)16-8-4-6-14(16)17-10-9-12-11-20-15-7-3-2-5-13(12)15/h2-3,5,7,11,14,16-17H,4,6,8-10H2,1H3/t14-,16+/m1/s1. The summed E-state index contributed by atoms with van der Waals surface area (Å²) in [4.78, 5) is 0. The summed E-state index contributed by atoms with van der Waals surface area (Å²) in [5.41, 5.74) is 1.36. The summed E-state index contributed by atoms with van der Waals surface area (Å²) in [6.45, 7) is 0.845. The molecule has 1 N–H and O–H groups in total. The molecule has 2 aromatic rings. The molecule has 2 atom stereocenters. The van der Waals surface area contributed by atoms with Crippen LogP contribution >= 0.6 is 11.3 Å². The molecule has 114 valence electrons. The van der Waals surface area contributed by atoms with Crippen LogP contribution in [-0.2, 0) is 16.3 Å². The largest absolute Gasteiger partial charge is 0.312 e. The maximum Gasteiger partial charge on any atom is 0.151 e. The van der Waals surface area contributed by atoms with E-state index in [1.165, 1.54) is 21.9 Å². The molecule has 0 aliphatic heterocycles. The average molecular weight is 323 g/mol. The van der Waals surface area contributed by atoms with Crippen LogP contribution in [0.4, 0.5) is 0 Å². The third-order valence-electron chi connectivity index (χ3n) is 4.36. The van der Waals surface area contributed by atoms with Crippen LogP contribution in [-0.4, -0.2) is 32.5 Å². The first-order valence-corrected chi connectivity index (χ1v) is 10.3. The van der Waals surface area contributed by atoms with Gasteiger partial charge in [-0.3, -0.25) is 0 Å². The van der Waals surface area contributed by atoms with E-state index in [2.05, 4.69) is 35.0 Å². The highest BCUT2D eigenvalue weighted by Crippen LogP contribution is 2.27. The lowest BCUT2D eigenvalue weighted by Crippen LogP contribution is -2.40. The Labute approximate surface area is 130 Å². The fourth-order valence-corrected chi connectivity index (χ4v) is 5.71. The minimum absolute atomic E-state index is 0.130. The van der Waals surface area contributed by atoms with Gasteiger partial charge in [0.25, 0.3) is 0 Å². The van der Waals surface area contributed by atoms with Crippen molar-refractivity contribution in [2.45, 2.75) is 37.0 Å². The number of rotatable bonds is 5. The Morgan fingerprint density at radius 1 is 1.29 bits per heavy atom. The van der Waals surface area contributed by atoms with Gasteiger partial charge in [0.2, 0.25) is 0 Å². The molecule has 0 spiro atoms. The van der Waals surface area contributed by atoms with Crippen LogP contribution in [0.2, 0.25) is 0 Å². The lowest BCUT2D eigenvalue weighted by atomic mass is 10.1. The zero-order valence-corrected chi connectivity index (χ0v) is 13.8. The third-order valence-corrected chi connectivity index (χ3v) is 7.04. The van der Waals surface area contributed by atoms with Crippen LogP contribution in [0.15, 0.2) is 29.6 Å². The van der Waals surface area contributed by atoms with Gasteiger partial charge < -0.3 is 5.32 Å². The minimum atomic E-state index is -2.93. The maximum absolute atomic E-state index is 11.8. The summed E-state index contributed by atoms with van der Waals surface area (Å²) < 4.78 is 24.9. The van der Waals surface area contributed by atoms with Gasteiger partial charge in [-0.05, 0) is 48.2 Å². The van der Waals surface area contributed by atoms with Crippen molar-refractivity contribution in [1.82, 2.24) is 5.32 Å². The van der Waals surface area contributed by atoms with Crippen molar-refractivity contribution in [3.63, 3.8) is 0 Å².